The Balaban J connectivity index is 1.38. The summed E-state index contributed by atoms with van der Waals surface area (Å²) in [7, 11) is -3.15. The number of sulfonamides is 1. The van der Waals surface area contributed by atoms with Gasteiger partial charge in [-0.05, 0) is 19.1 Å². The molecule has 26 heavy (non-hydrogen) atoms. The maximum atomic E-state index is 11.7. The van der Waals surface area contributed by atoms with Gasteiger partial charge in [0, 0.05) is 43.4 Å². The van der Waals surface area contributed by atoms with E-state index in [1.807, 2.05) is 18.2 Å². The lowest BCUT2D eigenvalue weighted by Crippen LogP contribution is -2.35. The van der Waals surface area contributed by atoms with E-state index < -0.39 is 10.0 Å². The summed E-state index contributed by atoms with van der Waals surface area (Å²) in [5, 5.41) is 1.15. The van der Waals surface area contributed by atoms with Crippen molar-refractivity contribution in [1.29, 1.82) is 0 Å². The molecule has 2 aliphatic heterocycles. The molecule has 1 aromatic carbocycles. The highest BCUT2D eigenvalue weighted by Gasteiger charge is 2.43. The number of pyridine rings is 1. The van der Waals surface area contributed by atoms with Crippen molar-refractivity contribution in [2.24, 2.45) is 11.8 Å². The van der Waals surface area contributed by atoms with E-state index in [-0.39, 0.29) is 17.8 Å². The molecule has 0 aliphatic carbocycles. The number of fused-ring (bicyclic) bond motifs is 2. The van der Waals surface area contributed by atoms with Crippen molar-refractivity contribution in [3.8, 4) is 0 Å². The predicted octanol–water partition coefficient (Wildman–Crippen LogP) is 1.62. The summed E-state index contributed by atoms with van der Waals surface area (Å²) < 4.78 is 32.0. The second-order valence-corrected chi connectivity index (χ2v) is 9.33. The molecular weight excluding hydrogens is 350 g/mol. The molecular formula is C19H25N3O3S. The molecule has 3 atom stereocenters. The Morgan fingerprint density at radius 2 is 2.08 bits per heavy atom. The number of para-hydroxylation sites is 1. The molecule has 2 aliphatic rings. The van der Waals surface area contributed by atoms with E-state index in [1.54, 1.807) is 6.92 Å². The molecule has 3 heterocycles. The van der Waals surface area contributed by atoms with Gasteiger partial charge < -0.3 is 4.74 Å². The molecule has 0 unspecified atom stereocenters. The second-order valence-electron chi connectivity index (χ2n) is 7.24. The summed E-state index contributed by atoms with van der Waals surface area (Å²) in [6.45, 7) is 5.38. The molecule has 4 rings (SSSR count). The minimum absolute atomic E-state index is 0.119. The number of hydrogen-bond donors (Lipinski definition) is 1. The van der Waals surface area contributed by atoms with E-state index >= 15 is 0 Å². The van der Waals surface area contributed by atoms with Gasteiger partial charge in [-0.1, -0.05) is 24.3 Å². The molecule has 1 aromatic heterocycles. The third-order valence-electron chi connectivity index (χ3n) is 5.50. The number of benzene rings is 1. The van der Waals surface area contributed by atoms with Crippen LogP contribution >= 0.6 is 0 Å². The third-order valence-corrected chi connectivity index (χ3v) is 6.87. The fraction of sp³-hybridized carbons (Fsp3) is 0.526. The molecule has 1 N–H and O–H groups in total. The Morgan fingerprint density at radius 1 is 1.23 bits per heavy atom. The number of nitrogens with zero attached hydrogens (tertiary/aromatic N) is 2. The first-order valence-electron chi connectivity index (χ1n) is 9.20. The first kappa shape index (κ1) is 17.9. The number of hydrogen-bond acceptors (Lipinski definition) is 5. The van der Waals surface area contributed by atoms with Gasteiger partial charge in [0.2, 0.25) is 10.0 Å². The third kappa shape index (κ3) is 3.76. The average molecular weight is 375 g/mol. The van der Waals surface area contributed by atoms with Gasteiger partial charge in [-0.3, -0.25) is 9.88 Å². The Labute approximate surface area is 154 Å². The molecule has 2 fully saturated rings. The summed E-state index contributed by atoms with van der Waals surface area (Å²) in [6, 6.07) is 12.3. The van der Waals surface area contributed by atoms with E-state index in [4.69, 9.17) is 9.72 Å². The van der Waals surface area contributed by atoms with Crippen LogP contribution in [-0.2, 0) is 21.3 Å². The molecule has 140 valence electrons. The van der Waals surface area contributed by atoms with Gasteiger partial charge >= 0.3 is 0 Å². The highest BCUT2D eigenvalue weighted by atomic mass is 32.2. The average Bonchev–Trinajstić information content (AvgIpc) is 3.20. The van der Waals surface area contributed by atoms with Crippen LogP contribution in [0.5, 0.6) is 0 Å². The summed E-state index contributed by atoms with van der Waals surface area (Å²) in [5.74, 6) is 0.750. The predicted molar refractivity (Wildman–Crippen MR) is 101 cm³/mol. The normalized spacial score (nSPS) is 26.4. The van der Waals surface area contributed by atoms with Crippen LogP contribution in [0, 0.1) is 11.8 Å². The fourth-order valence-electron chi connectivity index (χ4n) is 3.98. The maximum Gasteiger partial charge on any atom is 0.211 e. The van der Waals surface area contributed by atoms with Crippen LogP contribution in [0.15, 0.2) is 36.4 Å². The molecule has 2 aromatic rings. The molecule has 2 saturated heterocycles. The lowest BCUT2D eigenvalue weighted by Gasteiger charge is -2.19. The van der Waals surface area contributed by atoms with Crippen molar-refractivity contribution in [2.75, 3.05) is 32.0 Å². The minimum Gasteiger partial charge on any atom is -0.376 e. The second kappa shape index (κ2) is 7.23. The van der Waals surface area contributed by atoms with Gasteiger partial charge in [0.15, 0.2) is 0 Å². The van der Waals surface area contributed by atoms with E-state index in [1.165, 1.54) is 0 Å². The van der Waals surface area contributed by atoms with Crippen molar-refractivity contribution < 1.29 is 13.2 Å². The molecule has 7 heteroatoms. The van der Waals surface area contributed by atoms with Crippen LogP contribution in [0.4, 0.5) is 0 Å². The zero-order valence-corrected chi connectivity index (χ0v) is 15.8. The van der Waals surface area contributed by atoms with E-state index in [2.05, 4.69) is 27.8 Å². The number of likely N-dealkylation sites (tertiary alicyclic amines) is 1. The Kier molecular flexibility index (Phi) is 4.96. The lowest BCUT2D eigenvalue weighted by molar-refractivity contribution is 0.0940. The maximum absolute atomic E-state index is 11.7. The summed E-state index contributed by atoms with van der Waals surface area (Å²) in [6.07, 6.45) is 0.201. The fourth-order valence-corrected chi connectivity index (χ4v) is 4.65. The van der Waals surface area contributed by atoms with Crippen LogP contribution in [0.2, 0.25) is 0 Å². The van der Waals surface area contributed by atoms with E-state index in [0.717, 1.165) is 36.2 Å². The number of rotatable bonds is 6. The van der Waals surface area contributed by atoms with Gasteiger partial charge in [0.1, 0.15) is 0 Å². The van der Waals surface area contributed by atoms with Crippen LogP contribution in [0.3, 0.4) is 0 Å². The van der Waals surface area contributed by atoms with Crippen molar-refractivity contribution >= 4 is 20.9 Å². The smallest absolute Gasteiger partial charge is 0.211 e. The summed E-state index contributed by atoms with van der Waals surface area (Å²) >= 11 is 0. The molecule has 6 nitrogen and oxygen atoms in total. The molecule has 0 saturated carbocycles. The largest absolute Gasteiger partial charge is 0.376 e. The Hall–Kier alpha value is -1.54. The van der Waals surface area contributed by atoms with Crippen LogP contribution in [0.25, 0.3) is 10.9 Å². The monoisotopic (exact) mass is 375 g/mol. The zero-order valence-electron chi connectivity index (χ0n) is 15.0. The van der Waals surface area contributed by atoms with Gasteiger partial charge in [-0.25, -0.2) is 13.1 Å². The van der Waals surface area contributed by atoms with Crippen molar-refractivity contribution in [3.63, 3.8) is 0 Å². The van der Waals surface area contributed by atoms with Crippen molar-refractivity contribution in [2.45, 2.75) is 19.6 Å². The number of ether oxygens (including phenoxy) is 1. The van der Waals surface area contributed by atoms with E-state index in [0.29, 0.717) is 19.1 Å². The van der Waals surface area contributed by atoms with Crippen LogP contribution in [0.1, 0.15) is 12.6 Å². The van der Waals surface area contributed by atoms with E-state index in [9.17, 15) is 8.42 Å². The molecule has 0 amide bonds. The highest BCUT2D eigenvalue weighted by Crippen LogP contribution is 2.34. The lowest BCUT2D eigenvalue weighted by atomic mass is 9.93. The van der Waals surface area contributed by atoms with Gasteiger partial charge in [0.25, 0.3) is 0 Å². The van der Waals surface area contributed by atoms with Crippen molar-refractivity contribution in [1.82, 2.24) is 14.6 Å². The zero-order chi connectivity index (χ0) is 18.1. The Bertz CT molecular complexity index is 886. The van der Waals surface area contributed by atoms with Crippen LogP contribution < -0.4 is 4.72 Å². The van der Waals surface area contributed by atoms with Crippen molar-refractivity contribution in [3.05, 3.63) is 42.1 Å². The SMILES string of the molecule is CCS(=O)(=O)NC[C@@H]1CO[C@@H]2CN(Cc3ccc4ccccc4n3)C[C@H]12. The summed E-state index contributed by atoms with van der Waals surface area (Å²) in [4.78, 5) is 7.13. The number of aromatic nitrogens is 1. The number of nitrogens with one attached hydrogen (secondary N) is 1. The standard InChI is InChI=1S/C19H25N3O3S/c1-2-26(23,24)20-9-15-13-25-19-12-22(11-17(15)19)10-16-8-7-14-5-3-4-6-18(14)21-16/h3-8,15,17,19-20H,2,9-13H2,1H3/t15-,17-,19-/m1/s1. The highest BCUT2D eigenvalue weighted by molar-refractivity contribution is 7.89. The quantitative estimate of drug-likeness (QED) is 0.831. The van der Waals surface area contributed by atoms with Gasteiger partial charge in [0.05, 0.1) is 29.7 Å². The van der Waals surface area contributed by atoms with Gasteiger partial charge in [-0.15, -0.1) is 0 Å². The van der Waals surface area contributed by atoms with Gasteiger partial charge in [-0.2, -0.15) is 0 Å². The molecule has 0 spiro atoms. The topological polar surface area (TPSA) is 71.5 Å². The first-order valence-corrected chi connectivity index (χ1v) is 10.9. The Morgan fingerprint density at radius 3 is 2.92 bits per heavy atom. The first-order chi connectivity index (χ1) is 12.5. The minimum atomic E-state index is -3.15. The molecule has 0 bridgehead atoms. The van der Waals surface area contributed by atoms with Crippen LogP contribution in [-0.4, -0.2) is 56.4 Å². The molecule has 0 radical (unpaired) electrons. The summed E-state index contributed by atoms with van der Waals surface area (Å²) in [5.41, 5.74) is 2.08.